The van der Waals surface area contributed by atoms with Crippen molar-refractivity contribution in [3.8, 4) is 0 Å². The van der Waals surface area contributed by atoms with E-state index < -0.39 is 12.2 Å². The number of benzene rings is 1. The van der Waals surface area contributed by atoms with E-state index in [4.69, 9.17) is 9.47 Å². The number of aliphatic hydroxyl groups excluding tert-OH is 1. The van der Waals surface area contributed by atoms with Crippen LogP contribution in [0.5, 0.6) is 0 Å². The smallest absolute Gasteiger partial charge is 0.252 e. The Kier molecular flexibility index (Phi) is 3.50. The molecule has 1 heterocycles. The standard InChI is InChI=1S/C14H17NO4/c16-11-7-9-3-1-2-4-10(9)13(11)15-14(17)12-8-18-5-6-19-12/h1-4,11-13,16H,5-8H2,(H,15,17)/t11-,12?,13+/m1/s1. The van der Waals surface area contributed by atoms with Crippen LogP contribution in [0.1, 0.15) is 17.2 Å². The predicted octanol–water partition coefficient (Wildman–Crippen LogP) is 0.176. The Labute approximate surface area is 111 Å². The molecule has 5 nitrogen and oxygen atoms in total. The molecule has 2 N–H and O–H groups in total. The van der Waals surface area contributed by atoms with Crippen LogP contribution in [-0.2, 0) is 20.7 Å². The molecule has 1 unspecified atom stereocenters. The van der Waals surface area contributed by atoms with Crippen LogP contribution < -0.4 is 5.32 Å². The second-order valence-electron chi connectivity index (χ2n) is 4.89. The van der Waals surface area contributed by atoms with Gasteiger partial charge < -0.3 is 19.9 Å². The first-order valence-electron chi connectivity index (χ1n) is 6.51. The molecule has 1 fully saturated rings. The van der Waals surface area contributed by atoms with Crippen LogP contribution in [0.25, 0.3) is 0 Å². The van der Waals surface area contributed by atoms with E-state index in [1.54, 1.807) is 0 Å². The zero-order chi connectivity index (χ0) is 13.2. The van der Waals surface area contributed by atoms with E-state index in [0.717, 1.165) is 11.1 Å². The Morgan fingerprint density at radius 1 is 1.32 bits per heavy atom. The third kappa shape index (κ3) is 2.49. The number of ether oxygens (including phenoxy) is 2. The fourth-order valence-electron chi connectivity index (χ4n) is 2.63. The average Bonchev–Trinajstić information content (AvgIpc) is 2.76. The van der Waals surface area contributed by atoms with Crippen LogP contribution in [0, 0.1) is 0 Å². The molecule has 3 rings (SSSR count). The van der Waals surface area contributed by atoms with Crippen molar-refractivity contribution in [2.24, 2.45) is 0 Å². The van der Waals surface area contributed by atoms with Crippen molar-refractivity contribution >= 4 is 5.91 Å². The molecule has 3 atom stereocenters. The summed E-state index contributed by atoms with van der Waals surface area (Å²) in [5.41, 5.74) is 2.07. The van der Waals surface area contributed by atoms with Gasteiger partial charge in [-0.25, -0.2) is 0 Å². The third-order valence-corrected chi connectivity index (χ3v) is 3.61. The number of fused-ring (bicyclic) bond motifs is 1. The maximum Gasteiger partial charge on any atom is 0.252 e. The van der Waals surface area contributed by atoms with Gasteiger partial charge in [0.15, 0.2) is 6.10 Å². The summed E-state index contributed by atoms with van der Waals surface area (Å²) in [4.78, 5) is 12.1. The van der Waals surface area contributed by atoms with E-state index in [1.807, 2.05) is 24.3 Å². The van der Waals surface area contributed by atoms with Gasteiger partial charge in [0.25, 0.3) is 5.91 Å². The van der Waals surface area contributed by atoms with Gasteiger partial charge in [0.1, 0.15) is 0 Å². The number of nitrogens with one attached hydrogen (secondary N) is 1. The fraction of sp³-hybridized carbons (Fsp3) is 0.500. The Balaban J connectivity index is 1.71. The predicted molar refractivity (Wildman–Crippen MR) is 67.6 cm³/mol. The molecule has 102 valence electrons. The van der Waals surface area contributed by atoms with Crippen LogP contribution in [-0.4, -0.2) is 43.0 Å². The third-order valence-electron chi connectivity index (χ3n) is 3.61. The summed E-state index contributed by atoms with van der Waals surface area (Å²) in [7, 11) is 0. The first-order chi connectivity index (χ1) is 9.25. The Hall–Kier alpha value is -1.43. The van der Waals surface area contributed by atoms with Crippen LogP contribution in [0.4, 0.5) is 0 Å². The quantitative estimate of drug-likeness (QED) is 0.798. The van der Waals surface area contributed by atoms with Gasteiger partial charge in [-0.1, -0.05) is 24.3 Å². The summed E-state index contributed by atoms with van der Waals surface area (Å²) in [6.07, 6.45) is -0.581. The molecule has 0 radical (unpaired) electrons. The van der Waals surface area contributed by atoms with Crippen molar-refractivity contribution in [1.29, 1.82) is 0 Å². The first kappa shape index (κ1) is 12.6. The van der Waals surface area contributed by atoms with Gasteiger partial charge >= 0.3 is 0 Å². The fourth-order valence-corrected chi connectivity index (χ4v) is 2.63. The molecular formula is C14H17NO4. The summed E-state index contributed by atoms with van der Waals surface area (Å²) >= 11 is 0. The van der Waals surface area contributed by atoms with Crippen molar-refractivity contribution in [3.63, 3.8) is 0 Å². The molecule has 1 aromatic carbocycles. The summed E-state index contributed by atoms with van der Waals surface area (Å²) in [6, 6.07) is 7.42. The van der Waals surface area contributed by atoms with Crippen molar-refractivity contribution in [2.45, 2.75) is 24.7 Å². The van der Waals surface area contributed by atoms with E-state index in [2.05, 4.69) is 5.32 Å². The number of carbonyl (C=O) groups excluding carboxylic acids is 1. The minimum absolute atomic E-state index is 0.222. The van der Waals surface area contributed by atoms with E-state index in [9.17, 15) is 9.90 Å². The van der Waals surface area contributed by atoms with E-state index in [1.165, 1.54) is 0 Å². The monoisotopic (exact) mass is 263 g/mol. The highest BCUT2D eigenvalue weighted by atomic mass is 16.6. The van der Waals surface area contributed by atoms with E-state index >= 15 is 0 Å². The van der Waals surface area contributed by atoms with Gasteiger partial charge in [0.2, 0.25) is 0 Å². The maximum absolute atomic E-state index is 12.1. The Bertz CT molecular complexity index is 470. The Morgan fingerprint density at radius 3 is 2.95 bits per heavy atom. The van der Waals surface area contributed by atoms with Gasteiger partial charge in [-0.2, -0.15) is 0 Å². The molecule has 2 aliphatic rings. The molecule has 1 aliphatic heterocycles. The topological polar surface area (TPSA) is 67.8 Å². The molecule has 1 aromatic rings. The largest absolute Gasteiger partial charge is 0.390 e. The lowest BCUT2D eigenvalue weighted by molar-refractivity contribution is -0.148. The highest BCUT2D eigenvalue weighted by Gasteiger charge is 2.34. The second-order valence-corrected chi connectivity index (χ2v) is 4.89. The second kappa shape index (κ2) is 5.28. The van der Waals surface area contributed by atoms with Crippen LogP contribution in [0.15, 0.2) is 24.3 Å². The molecule has 0 aromatic heterocycles. The van der Waals surface area contributed by atoms with Crippen LogP contribution in [0.2, 0.25) is 0 Å². The molecule has 5 heteroatoms. The number of hydrogen-bond acceptors (Lipinski definition) is 4. The molecular weight excluding hydrogens is 246 g/mol. The molecule has 1 aliphatic carbocycles. The highest BCUT2D eigenvalue weighted by Crippen LogP contribution is 2.31. The lowest BCUT2D eigenvalue weighted by Gasteiger charge is -2.25. The molecule has 1 amide bonds. The van der Waals surface area contributed by atoms with Gasteiger partial charge in [0, 0.05) is 6.42 Å². The number of aliphatic hydroxyl groups is 1. The summed E-state index contributed by atoms with van der Waals surface area (Å²) in [6.45, 7) is 1.23. The van der Waals surface area contributed by atoms with Crippen LogP contribution in [0.3, 0.4) is 0 Å². The number of carbonyl (C=O) groups is 1. The van der Waals surface area contributed by atoms with Crippen molar-refractivity contribution in [3.05, 3.63) is 35.4 Å². The van der Waals surface area contributed by atoms with E-state index in [0.29, 0.717) is 19.6 Å². The normalized spacial score (nSPS) is 29.8. The highest BCUT2D eigenvalue weighted by molar-refractivity contribution is 5.81. The minimum Gasteiger partial charge on any atom is -0.390 e. The average molecular weight is 263 g/mol. The van der Waals surface area contributed by atoms with E-state index in [-0.39, 0.29) is 18.6 Å². The zero-order valence-electron chi connectivity index (χ0n) is 10.5. The number of amides is 1. The van der Waals surface area contributed by atoms with Crippen molar-refractivity contribution < 1.29 is 19.4 Å². The lowest BCUT2D eigenvalue weighted by Crippen LogP contribution is -2.45. The summed E-state index contributed by atoms with van der Waals surface area (Å²) in [5.74, 6) is -0.222. The van der Waals surface area contributed by atoms with Gasteiger partial charge in [-0.15, -0.1) is 0 Å². The molecule has 19 heavy (non-hydrogen) atoms. The molecule has 0 spiro atoms. The molecule has 1 saturated heterocycles. The number of rotatable bonds is 2. The van der Waals surface area contributed by atoms with Crippen molar-refractivity contribution in [1.82, 2.24) is 5.32 Å². The van der Waals surface area contributed by atoms with Gasteiger partial charge in [-0.05, 0) is 11.1 Å². The summed E-state index contributed by atoms with van der Waals surface area (Å²) < 4.78 is 10.6. The first-order valence-corrected chi connectivity index (χ1v) is 6.51. The van der Waals surface area contributed by atoms with Crippen LogP contribution >= 0.6 is 0 Å². The minimum atomic E-state index is -0.578. The molecule has 0 saturated carbocycles. The number of hydrogen-bond donors (Lipinski definition) is 2. The van der Waals surface area contributed by atoms with Gasteiger partial charge in [0.05, 0.1) is 32.0 Å². The lowest BCUT2D eigenvalue weighted by atomic mass is 10.1. The summed E-state index contributed by atoms with van der Waals surface area (Å²) in [5, 5.41) is 12.9. The zero-order valence-corrected chi connectivity index (χ0v) is 10.5. The maximum atomic E-state index is 12.1. The SMILES string of the molecule is O=C(N[C@H]1c2ccccc2C[C@H]1O)C1COCCO1. The van der Waals surface area contributed by atoms with Crippen molar-refractivity contribution in [2.75, 3.05) is 19.8 Å². The van der Waals surface area contributed by atoms with Gasteiger partial charge in [-0.3, -0.25) is 4.79 Å². The molecule has 0 bridgehead atoms. The Morgan fingerprint density at radius 2 is 2.16 bits per heavy atom.